The number of aromatic nitrogens is 2. The van der Waals surface area contributed by atoms with E-state index in [0.29, 0.717) is 18.8 Å². The SMILES string of the molecule is CCn1cc(CC(=O)N2CCC([C@@H]3CC[C@H](C(=O)O)O3)CC2)cn1. The number of hydrogen-bond acceptors (Lipinski definition) is 4. The molecule has 0 aliphatic carbocycles. The fraction of sp³-hybridized carbons (Fsp3) is 0.706. The lowest BCUT2D eigenvalue weighted by Gasteiger charge is -2.34. The smallest absolute Gasteiger partial charge is 0.332 e. The van der Waals surface area contributed by atoms with Gasteiger partial charge in [0.2, 0.25) is 5.91 Å². The monoisotopic (exact) mass is 335 g/mol. The lowest BCUT2D eigenvalue weighted by molar-refractivity contribution is -0.151. The van der Waals surface area contributed by atoms with Crippen LogP contribution in [0.15, 0.2) is 12.4 Å². The highest BCUT2D eigenvalue weighted by Gasteiger charge is 2.37. The van der Waals surface area contributed by atoms with Crippen LogP contribution in [0, 0.1) is 5.92 Å². The van der Waals surface area contributed by atoms with Crippen molar-refractivity contribution in [2.45, 2.75) is 57.8 Å². The molecule has 0 spiro atoms. The molecule has 24 heavy (non-hydrogen) atoms. The normalized spacial score (nSPS) is 25.1. The van der Waals surface area contributed by atoms with E-state index >= 15 is 0 Å². The van der Waals surface area contributed by atoms with Gasteiger partial charge in [0.1, 0.15) is 0 Å². The van der Waals surface area contributed by atoms with Crippen molar-refractivity contribution in [1.82, 2.24) is 14.7 Å². The van der Waals surface area contributed by atoms with Crippen molar-refractivity contribution in [3.8, 4) is 0 Å². The molecule has 0 saturated carbocycles. The first-order valence-electron chi connectivity index (χ1n) is 8.74. The predicted octanol–water partition coefficient (Wildman–Crippen LogP) is 1.32. The fourth-order valence-electron chi connectivity index (χ4n) is 3.67. The summed E-state index contributed by atoms with van der Waals surface area (Å²) in [5.74, 6) is -0.362. The molecule has 132 valence electrons. The lowest BCUT2D eigenvalue weighted by Crippen LogP contribution is -2.42. The second kappa shape index (κ2) is 7.34. The number of likely N-dealkylation sites (tertiary alicyclic amines) is 1. The van der Waals surface area contributed by atoms with E-state index in [4.69, 9.17) is 9.84 Å². The second-order valence-electron chi connectivity index (χ2n) is 6.68. The first-order chi connectivity index (χ1) is 11.6. The molecule has 2 atom stereocenters. The van der Waals surface area contributed by atoms with Gasteiger partial charge in [0, 0.05) is 25.8 Å². The van der Waals surface area contributed by atoms with Crippen LogP contribution in [0.3, 0.4) is 0 Å². The molecular formula is C17H25N3O4. The van der Waals surface area contributed by atoms with E-state index in [-0.39, 0.29) is 12.0 Å². The second-order valence-corrected chi connectivity index (χ2v) is 6.68. The van der Waals surface area contributed by atoms with E-state index in [2.05, 4.69) is 5.10 Å². The summed E-state index contributed by atoms with van der Waals surface area (Å²) >= 11 is 0. The van der Waals surface area contributed by atoms with Gasteiger partial charge in [-0.1, -0.05) is 0 Å². The highest BCUT2D eigenvalue weighted by molar-refractivity contribution is 5.78. The topological polar surface area (TPSA) is 84.7 Å². The molecule has 1 aromatic rings. The third-order valence-corrected chi connectivity index (χ3v) is 5.11. The van der Waals surface area contributed by atoms with E-state index in [1.807, 2.05) is 22.7 Å². The van der Waals surface area contributed by atoms with Crippen LogP contribution in [-0.4, -0.2) is 57.0 Å². The maximum atomic E-state index is 12.4. The van der Waals surface area contributed by atoms with Crippen LogP contribution in [-0.2, 0) is 27.3 Å². The molecule has 2 saturated heterocycles. The summed E-state index contributed by atoms with van der Waals surface area (Å²) in [7, 11) is 0. The molecule has 7 heteroatoms. The first-order valence-corrected chi connectivity index (χ1v) is 8.74. The number of nitrogens with zero attached hydrogens (tertiary/aromatic N) is 3. The van der Waals surface area contributed by atoms with Crippen LogP contribution in [0.2, 0.25) is 0 Å². The average Bonchev–Trinajstić information content (AvgIpc) is 3.24. The number of hydrogen-bond donors (Lipinski definition) is 1. The molecule has 1 N–H and O–H groups in total. The zero-order chi connectivity index (χ0) is 17.1. The molecule has 2 fully saturated rings. The van der Waals surface area contributed by atoms with Crippen molar-refractivity contribution in [2.24, 2.45) is 5.92 Å². The quantitative estimate of drug-likeness (QED) is 0.877. The van der Waals surface area contributed by atoms with Crippen LogP contribution in [0.5, 0.6) is 0 Å². The molecule has 0 radical (unpaired) electrons. The molecule has 0 unspecified atom stereocenters. The van der Waals surface area contributed by atoms with Gasteiger partial charge in [-0.05, 0) is 44.1 Å². The highest BCUT2D eigenvalue weighted by atomic mass is 16.5. The Morgan fingerprint density at radius 1 is 1.29 bits per heavy atom. The van der Waals surface area contributed by atoms with Gasteiger partial charge in [0.25, 0.3) is 0 Å². The minimum Gasteiger partial charge on any atom is -0.479 e. The minimum atomic E-state index is -0.863. The minimum absolute atomic E-state index is 0.0335. The van der Waals surface area contributed by atoms with E-state index in [9.17, 15) is 9.59 Å². The van der Waals surface area contributed by atoms with Crippen molar-refractivity contribution in [2.75, 3.05) is 13.1 Å². The largest absolute Gasteiger partial charge is 0.479 e. The molecule has 7 nitrogen and oxygen atoms in total. The van der Waals surface area contributed by atoms with Crippen molar-refractivity contribution < 1.29 is 19.4 Å². The number of amides is 1. The number of carboxylic acids is 1. The number of carbonyl (C=O) groups excluding carboxylic acids is 1. The molecule has 1 amide bonds. The van der Waals surface area contributed by atoms with E-state index in [1.54, 1.807) is 6.20 Å². The van der Waals surface area contributed by atoms with Crippen LogP contribution in [0.4, 0.5) is 0 Å². The average molecular weight is 335 g/mol. The van der Waals surface area contributed by atoms with Crippen molar-refractivity contribution in [3.63, 3.8) is 0 Å². The van der Waals surface area contributed by atoms with Crippen molar-refractivity contribution in [3.05, 3.63) is 18.0 Å². The van der Waals surface area contributed by atoms with Crippen molar-refractivity contribution in [1.29, 1.82) is 0 Å². The Morgan fingerprint density at radius 2 is 2.04 bits per heavy atom. The molecule has 3 rings (SSSR count). The van der Waals surface area contributed by atoms with Crippen LogP contribution >= 0.6 is 0 Å². The van der Waals surface area contributed by atoms with E-state index in [0.717, 1.165) is 44.5 Å². The third kappa shape index (κ3) is 3.77. The summed E-state index contributed by atoms with van der Waals surface area (Å²) in [4.78, 5) is 25.3. The molecule has 2 aliphatic rings. The maximum Gasteiger partial charge on any atom is 0.332 e. The van der Waals surface area contributed by atoms with Crippen LogP contribution in [0.1, 0.15) is 38.2 Å². The van der Waals surface area contributed by atoms with Crippen LogP contribution < -0.4 is 0 Å². The summed E-state index contributed by atoms with van der Waals surface area (Å²) in [6.07, 6.45) is 6.64. The van der Waals surface area contributed by atoms with Gasteiger partial charge >= 0.3 is 5.97 Å². The number of ether oxygens (including phenoxy) is 1. The number of aliphatic carboxylic acids is 1. The number of carboxylic acid groups (broad SMARTS) is 1. The van der Waals surface area contributed by atoms with Gasteiger partial charge in [-0.3, -0.25) is 9.48 Å². The fourth-order valence-corrected chi connectivity index (χ4v) is 3.67. The zero-order valence-electron chi connectivity index (χ0n) is 14.1. The highest BCUT2D eigenvalue weighted by Crippen LogP contribution is 2.32. The molecule has 3 heterocycles. The molecule has 0 aromatic carbocycles. The van der Waals surface area contributed by atoms with Gasteiger partial charge in [-0.15, -0.1) is 0 Å². The number of aryl methyl sites for hydroxylation is 1. The Bertz CT molecular complexity index is 592. The number of piperidine rings is 1. The standard InChI is InChI=1S/C17H25N3O4/c1-2-20-11-12(10-18-20)9-16(21)19-7-5-13(6-8-19)14-3-4-15(24-14)17(22)23/h10-11,13-15H,2-9H2,1H3,(H,22,23)/t14-,15+/m0/s1. The van der Waals surface area contributed by atoms with E-state index in [1.165, 1.54) is 0 Å². The summed E-state index contributed by atoms with van der Waals surface area (Å²) < 4.78 is 7.48. The molecular weight excluding hydrogens is 310 g/mol. The summed E-state index contributed by atoms with van der Waals surface area (Å²) in [5, 5.41) is 13.2. The molecule has 0 bridgehead atoms. The Kier molecular flexibility index (Phi) is 5.18. The Morgan fingerprint density at radius 3 is 2.62 bits per heavy atom. The summed E-state index contributed by atoms with van der Waals surface area (Å²) in [6.45, 7) is 4.27. The van der Waals surface area contributed by atoms with Crippen LogP contribution in [0.25, 0.3) is 0 Å². The maximum absolute atomic E-state index is 12.4. The van der Waals surface area contributed by atoms with Gasteiger partial charge in [-0.25, -0.2) is 4.79 Å². The van der Waals surface area contributed by atoms with Gasteiger partial charge in [-0.2, -0.15) is 5.10 Å². The lowest BCUT2D eigenvalue weighted by atomic mass is 9.89. The Labute approximate surface area is 141 Å². The molecule has 2 aliphatic heterocycles. The predicted molar refractivity (Wildman–Crippen MR) is 86.4 cm³/mol. The first kappa shape index (κ1) is 17.0. The third-order valence-electron chi connectivity index (χ3n) is 5.11. The van der Waals surface area contributed by atoms with E-state index < -0.39 is 12.1 Å². The number of rotatable bonds is 5. The Hall–Kier alpha value is -1.89. The summed E-state index contributed by atoms with van der Waals surface area (Å²) in [6, 6.07) is 0. The van der Waals surface area contributed by atoms with Gasteiger partial charge < -0.3 is 14.7 Å². The van der Waals surface area contributed by atoms with Gasteiger partial charge in [0.05, 0.1) is 18.7 Å². The van der Waals surface area contributed by atoms with Crippen molar-refractivity contribution >= 4 is 11.9 Å². The van der Waals surface area contributed by atoms with Gasteiger partial charge in [0.15, 0.2) is 6.10 Å². The number of carbonyl (C=O) groups is 2. The molecule has 1 aromatic heterocycles. The zero-order valence-corrected chi connectivity index (χ0v) is 14.1. The summed E-state index contributed by atoms with van der Waals surface area (Å²) in [5.41, 5.74) is 0.951. The Balaban J connectivity index is 1.46.